The van der Waals surface area contributed by atoms with E-state index in [1.165, 1.54) is 11.6 Å². The van der Waals surface area contributed by atoms with Crippen LogP contribution in [0, 0.1) is 31.0 Å². The zero-order chi connectivity index (χ0) is 56.3. The van der Waals surface area contributed by atoms with Crippen LogP contribution in [0.15, 0.2) is 59.7 Å². The zero-order valence-corrected chi connectivity index (χ0v) is 44.4. The van der Waals surface area contributed by atoms with Gasteiger partial charge in [-0.3, -0.25) is 53.0 Å². The molecule has 2 aliphatic carbocycles. The highest BCUT2D eigenvalue weighted by Crippen LogP contribution is 2.51. The maximum Gasteiger partial charge on any atom is 0.313 e. The number of hydrogen-bond acceptors (Lipinski definition) is 15. The first kappa shape index (κ1) is 57.9. The fourth-order valence-electron chi connectivity index (χ4n) is 10.3. The number of imide groups is 1. The van der Waals surface area contributed by atoms with Gasteiger partial charge in [0.05, 0.1) is 73.0 Å². The van der Waals surface area contributed by atoms with Gasteiger partial charge in [-0.1, -0.05) is 49.7 Å². The first-order valence-corrected chi connectivity index (χ1v) is 26.1. The number of halogens is 1. The number of likely N-dealkylation sites (N-methyl/N-ethyl adjacent to an activating group) is 2. The first-order valence-electron chi connectivity index (χ1n) is 26.1. The summed E-state index contributed by atoms with van der Waals surface area (Å²) in [4.78, 5) is 129. The number of fused-ring (bicyclic) bond motifs is 4. The molecule has 23 heteroatoms. The molecule has 6 aliphatic rings. The number of amides is 8. The molecule has 8 amide bonds. The first-order chi connectivity index (χ1) is 37.5. The number of rotatable bonds is 20. The van der Waals surface area contributed by atoms with Crippen LogP contribution in [0.4, 0.5) is 4.39 Å². The molecule has 0 radical (unpaired) electrons. The lowest BCUT2D eigenvalue weighted by Crippen LogP contribution is -2.55. The smallest absolute Gasteiger partial charge is 0.313 e. The van der Waals surface area contributed by atoms with Crippen molar-refractivity contribution in [3.63, 3.8) is 0 Å². The molecule has 1 fully saturated rings. The van der Waals surface area contributed by atoms with Gasteiger partial charge in [-0.15, -0.1) is 0 Å². The summed E-state index contributed by atoms with van der Waals surface area (Å²) in [7, 11) is 1.63. The summed E-state index contributed by atoms with van der Waals surface area (Å²) in [6, 6.07) is 9.87. The van der Waals surface area contributed by atoms with Gasteiger partial charge in [0.2, 0.25) is 29.5 Å². The van der Waals surface area contributed by atoms with Crippen molar-refractivity contribution in [3.05, 3.63) is 99.0 Å². The Hall–Kier alpha value is -7.76. The predicted molar refractivity (Wildman–Crippen MR) is 279 cm³/mol. The minimum Gasteiger partial charge on any atom is -0.460 e. The fraction of sp³-hybridized carbons (Fsp3) is 0.473. The van der Waals surface area contributed by atoms with Gasteiger partial charge in [0.25, 0.3) is 17.7 Å². The maximum atomic E-state index is 15.2. The third-order valence-corrected chi connectivity index (χ3v) is 14.6. The molecule has 0 saturated heterocycles. The van der Waals surface area contributed by atoms with E-state index in [1.807, 2.05) is 32.0 Å². The Morgan fingerprint density at radius 2 is 1.62 bits per heavy atom. The largest absolute Gasteiger partial charge is 0.460 e. The molecule has 4 atom stereocenters. The van der Waals surface area contributed by atoms with E-state index in [1.54, 1.807) is 18.9 Å². The topological polar surface area (TPSA) is 293 Å². The normalized spacial score (nSPS) is 19.4. The van der Waals surface area contributed by atoms with Gasteiger partial charge in [0.1, 0.15) is 31.5 Å². The lowest BCUT2D eigenvalue weighted by molar-refractivity contribution is -0.150. The minimum absolute atomic E-state index is 0.0420. The number of aryl methyl sites for hydroxylation is 2. The van der Waals surface area contributed by atoms with E-state index in [4.69, 9.17) is 14.5 Å². The second kappa shape index (κ2) is 26.1. The SMILES string of the molecule is CCC1C(=O)OCC2=C1CC1c3nc4cc(F)c(C)c5c4c(c3CN1C2=O)C(NC(=O)C1(COCNC(=O)CNC(=O)CNC)CC1)CC5.CCNCC(C(=O)NCC(=O)NCC=O)N1C(=O)C=CC1=O.Cc1ccccc1. The molecule has 0 spiro atoms. The summed E-state index contributed by atoms with van der Waals surface area (Å²) in [5, 5.41) is 19.4. The lowest BCUT2D eigenvalue weighted by atomic mass is 9.80. The molecule has 9 rings (SSSR count). The highest BCUT2D eigenvalue weighted by molar-refractivity contribution is 6.15. The fourth-order valence-corrected chi connectivity index (χ4v) is 10.3. The highest BCUT2D eigenvalue weighted by atomic mass is 19.1. The number of pyridine rings is 1. The molecule has 3 aromatic rings. The van der Waals surface area contributed by atoms with Crippen LogP contribution >= 0.6 is 0 Å². The number of nitrogens with zero attached hydrogens (tertiary/aromatic N) is 3. The number of esters is 1. The third-order valence-electron chi connectivity index (χ3n) is 14.6. The number of cyclic esters (lactones) is 1. The van der Waals surface area contributed by atoms with E-state index in [2.05, 4.69) is 56.3 Å². The molecule has 78 heavy (non-hydrogen) atoms. The number of benzene rings is 2. The molecule has 22 nitrogen and oxygen atoms in total. The molecule has 4 aliphatic heterocycles. The van der Waals surface area contributed by atoms with Gasteiger partial charge in [-0.05, 0) is 88.2 Å². The minimum atomic E-state index is -1.05. The quantitative estimate of drug-likeness (QED) is 0.0273. The van der Waals surface area contributed by atoms with Crippen molar-refractivity contribution in [2.24, 2.45) is 11.3 Å². The molecule has 4 unspecified atom stereocenters. The molecule has 416 valence electrons. The van der Waals surface area contributed by atoms with Gasteiger partial charge in [0.15, 0.2) is 0 Å². The monoisotopic (exact) mass is 1080 g/mol. The van der Waals surface area contributed by atoms with E-state index in [-0.39, 0.29) is 82.2 Å². The van der Waals surface area contributed by atoms with Crippen molar-refractivity contribution >= 4 is 70.4 Å². The van der Waals surface area contributed by atoms with Crippen molar-refractivity contribution in [2.75, 3.05) is 66.3 Å². The highest BCUT2D eigenvalue weighted by Gasteiger charge is 2.52. The van der Waals surface area contributed by atoms with E-state index >= 15 is 4.39 Å². The molecular weight excluding hydrogens is 1010 g/mol. The second-order valence-corrected chi connectivity index (χ2v) is 19.8. The standard InChI is InChI=1S/C35H41FN6O7.C13H18N4O5.C7H8/c1-4-18-20-9-26-31-21(13-42(26)32(45)22(20)14-49-33(18)46)30-24(6-5-19-17(2)23(36)10-25(40-31)29(19)30)41-34(47)35(7-8-35)15-48-16-39-28(44)12-38-27(43)11-37-3;1-2-14-7-9(17-11(20)3-4-12(17)21)13(22)16-8-10(19)15-5-6-18;1-7-5-3-2-4-6-7/h10,18,24,26,37H,4-9,11-16H2,1-3H3,(H,38,43)(H,39,44)(H,41,47);3-4,6,9,14H,2,5,7-8H2,1H3,(H,15,19)(H,16,22);2-6H,1H3. The van der Waals surface area contributed by atoms with Gasteiger partial charge < -0.3 is 56.4 Å². The Morgan fingerprint density at radius 1 is 0.923 bits per heavy atom. The molecule has 1 saturated carbocycles. The van der Waals surface area contributed by atoms with E-state index in [0.29, 0.717) is 80.2 Å². The van der Waals surface area contributed by atoms with Crippen LogP contribution in [0.2, 0.25) is 0 Å². The molecule has 2 aromatic carbocycles. The van der Waals surface area contributed by atoms with E-state index in [0.717, 1.165) is 44.7 Å². The zero-order valence-electron chi connectivity index (χ0n) is 44.4. The summed E-state index contributed by atoms with van der Waals surface area (Å²) < 4.78 is 26.3. The number of aldehydes is 1. The number of carbonyl (C=O) groups excluding carboxylic acids is 10. The van der Waals surface area contributed by atoms with Crippen LogP contribution in [-0.2, 0) is 70.4 Å². The Bertz CT molecular complexity index is 2910. The van der Waals surface area contributed by atoms with Crippen molar-refractivity contribution in [1.29, 1.82) is 0 Å². The number of hydrogen-bond donors (Lipinski definition) is 7. The summed E-state index contributed by atoms with van der Waals surface area (Å²) >= 11 is 0. The van der Waals surface area contributed by atoms with Gasteiger partial charge in [-0.25, -0.2) is 4.39 Å². The van der Waals surface area contributed by atoms with Gasteiger partial charge >= 0.3 is 5.97 Å². The number of nitrogens with one attached hydrogen (secondary N) is 7. The predicted octanol–water partition coefficient (Wildman–Crippen LogP) is 0.974. The van der Waals surface area contributed by atoms with Crippen molar-refractivity contribution < 1.29 is 61.8 Å². The van der Waals surface area contributed by atoms with Crippen LogP contribution in [0.5, 0.6) is 0 Å². The summed E-state index contributed by atoms with van der Waals surface area (Å²) in [5.74, 6) is -4.50. The molecular formula is C55H67FN10O12. The Kier molecular flexibility index (Phi) is 19.4. The molecule has 7 N–H and O–H groups in total. The van der Waals surface area contributed by atoms with E-state index in [9.17, 15) is 47.9 Å². The van der Waals surface area contributed by atoms with Gasteiger partial charge in [-0.2, -0.15) is 0 Å². The van der Waals surface area contributed by atoms with Crippen molar-refractivity contribution in [2.45, 2.75) is 90.9 Å². The average molecular weight is 1080 g/mol. The number of ether oxygens (including phenoxy) is 2. The third kappa shape index (κ3) is 13.1. The van der Waals surface area contributed by atoms with Crippen LogP contribution < -0.4 is 37.2 Å². The number of carbonyl (C=O) groups is 10. The Labute approximate surface area is 450 Å². The van der Waals surface area contributed by atoms with Crippen LogP contribution in [-0.4, -0.2) is 147 Å². The molecule has 0 bridgehead atoms. The average Bonchev–Trinajstić information content (AvgIpc) is 4.19. The van der Waals surface area contributed by atoms with Crippen LogP contribution in [0.25, 0.3) is 10.9 Å². The van der Waals surface area contributed by atoms with Crippen LogP contribution in [0.3, 0.4) is 0 Å². The second-order valence-electron chi connectivity index (χ2n) is 19.8. The lowest BCUT2D eigenvalue weighted by Gasteiger charge is -2.37. The Balaban J connectivity index is 0.000000251. The molecule has 5 heterocycles. The van der Waals surface area contributed by atoms with Gasteiger partial charge in [0, 0.05) is 42.3 Å². The van der Waals surface area contributed by atoms with E-state index < -0.39 is 59.0 Å². The van der Waals surface area contributed by atoms with Crippen molar-refractivity contribution in [1.82, 2.24) is 52.0 Å². The summed E-state index contributed by atoms with van der Waals surface area (Å²) in [5.41, 5.74) is 6.28. The maximum absolute atomic E-state index is 15.2. The molecule has 1 aromatic heterocycles. The Morgan fingerprint density at radius 3 is 2.26 bits per heavy atom. The van der Waals surface area contributed by atoms with Crippen molar-refractivity contribution in [3.8, 4) is 0 Å². The number of aromatic nitrogens is 1. The van der Waals surface area contributed by atoms with Crippen LogP contribution in [0.1, 0.15) is 91.5 Å². The summed E-state index contributed by atoms with van der Waals surface area (Å²) in [6.45, 7) is 7.88. The summed E-state index contributed by atoms with van der Waals surface area (Å²) in [6.07, 6.45) is 6.04.